The van der Waals surface area contributed by atoms with Gasteiger partial charge in [-0.2, -0.15) is 10.1 Å². The number of nitrogens with zero attached hydrogens (tertiary/aromatic N) is 4. The molecular formula is C13H17N5OS. The van der Waals surface area contributed by atoms with Crippen molar-refractivity contribution in [2.24, 2.45) is 7.05 Å². The first kappa shape index (κ1) is 13.1. The van der Waals surface area contributed by atoms with Gasteiger partial charge >= 0.3 is 0 Å². The van der Waals surface area contributed by atoms with E-state index in [-0.39, 0.29) is 0 Å². The fraction of sp³-hybridized carbons (Fsp3) is 0.385. The Balaban J connectivity index is 1.73. The Hall–Kier alpha value is -1.86. The smallest absolute Gasteiger partial charge is 0.237 e. The number of fused-ring (bicyclic) bond motifs is 1. The van der Waals surface area contributed by atoms with E-state index in [0.29, 0.717) is 12.4 Å². The second-order valence-corrected chi connectivity index (χ2v) is 5.48. The number of ether oxygens (including phenoxy) is 1. The van der Waals surface area contributed by atoms with Crippen LogP contribution >= 0.6 is 11.3 Å². The van der Waals surface area contributed by atoms with Crippen molar-refractivity contribution in [1.82, 2.24) is 24.5 Å². The van der Waals surface area contributed by atoms with Crippen LogP contribution in [0, 0.1) is 6.92 Å². The molecule has 0 unspecified atom stereocenters. The van der Waals surface area contributed by atoms with E-state index >= 15 is 0 Å². The molecule has 106 valence electrons. The van der Waals surface area contributed by atoms with Crippen LogP contribution in [0.1, 0.15) is 17.0 Å². The van der Waals surface area contributed by atoms with Crippen LogP contribution in [0.3, 0.4) is 0 Å². The highest BCUT2D eigenvalue weighted by Gasteiger charge is 2.13. The van der Waals surface area contributed by atoms with Crippen molar-refractivity contribution in [1.29, 1.82) is 0 Å². The predicted octanol–water partition coefficient (Wildman–Crippen LogP) is 1.74. The Morgan fingerprint density at radius 2 is 2.25 bits per heavy atom. The molecule has 0 radical (unpaired) electrons. The van der Waals surface area contributed by atoms with E-state index in [1.165, 1.54) is 11.3 Å². The van der Waals surface area contributed by atoms with Crippen LogP contribution in [0.15, 0.2) is 17.8 Å². The fourth-order valence-corrected chi connectivity index (χ4v) is 2.89. The summed E-state index contributed by atoms with van der Waals surface area (Å²) >= 11 is 1.60. The molecule has 0 aliphatic rings. The summed E-state index contributed by atoms with van der Waals surface area (Å²) in [5, 5.41) is 9.69. The molecule has 0 amide bonds. The van der Waals surface area contributed by atoms with Crippen LogP contribution in [-0.2, 0) is 20.1 Å². The van der Waals surface area contributed by atoms with E-state index in [1.807, 2.05) is 29.5 Å². The van der Waals surface area contributed by atoms with Gasteiger partial charge in [0.15, 0.2) is 4.96 Å². The molecule has 0 bridgehead atoms. The average molecular weight is 291 g/mol. The van der Waals surface area contributed by atoms with Gasteiger partial charge in [-0.15, -0.1) is 11.3 Å². The van der Waals surface area contributed by atoms with Crippen LogP contribution in [0.5, 0.6) is 5.88 Å². The van der Waals surface area contributed by atoms with Gasteiger partial charge < -0.3 is 10.1 Å². The number of aryl methyl sites for hydroxylation is 1. The summed E-state index contributed by atoms with van der Waals surface area (Å²) in [4.78, 5) is 5.40. The molecule has 0 spiro atoms. The van der Waals surface area contributed by atoms with Crippen molar-refractivity contribution in [2.45, 2.75) is 20.0 Å². The molecular weight excluding hydrogens is 274 g/mol. The van der Waals surface area contributed by atoms with Gasteiger partial charge in [-0.25, -0.2) is 0 Å². The first-order chi connectivity index (χ1) is 9.70. The van der Waals surface area contributed by atoms with Gasteiger partial charge in [0.25, 0.3) is 0 Å². The molecule has 7 heteroatoms. The minimum atomic E-state index is 0.687. The molecule has 3 rings (SSSR count). The molecule has 0 atom stereocenters. The lowest BCUT2D eigenvalue weighted by Crippen LogP contribution is -2.15. The molecule has 0 saturated carbocycles. The Labute approximate surface area is 121 Å². The summed E-state index contributed by atoms with van der Waals surface area (Å²) in [6.07, 6.45) is 3.91. The molecule has 0 aliphatic heterocycles. The van der Waals surface area contributed by atoms with Gasteiger partial charge in [-0.1, -0.05) is 0 Å². The number of aromatic nitrogens is 4. The van der Waals surface area contributed by atoms with E-state index in [9.17, 15) is 0 Å². The van der Waals surface area contributed by atoms with E-state index in [4.69, 9.17) is 4.74 Å². The van der Waals surface area contributed by atoms with Gasteiger partial charge in [0.2, 0.25) is 5.88 Å². The van der Waals surface area contributed by atoms with E-state index < -0.39 is 0 Å². The van der Waals surface area contributed by atoms with Gasteiger partial charge in [0, 0.05) is 43.0 Å². The van der Waals surface area contributed by atoms with E-state index in [0.717, 1.165) is 17.2 Å². The number of hydrogen-bond acceptors (Lipinski definition) is 5. The third-order valence-electron chi connectivity index (χ3n) is 3.46. The van der Waals surface area contributed by atoms with Crippen molar-refractivity contribution < 1.29 is 4.74 Å². The maximum absolute atomic E-state index is 5.34. The summed E-state index contributed by atoms with van der Waals surface area (Å²) in [5.74, 6) is 0.687. The van der Waals surface area contributed by atoms with E-state index in [1.54, 1.807) is 18.4 Å². The summed E-state index contributed by atoms with van der Waals surface area (Å²) in [5.41, 5.74) is 3.43. The summed E-state index contributed by atoms with van der Waals surface area (Å²) in [6, 6.07) is 0. The number of rotatable bonds is 5. The molecule has 0 saturated heterocycles. The minimum Gasteiger partial charge on any atom is -0.480 e. The Morgan fingerprint density at radius 1 is 1.40 bits per heavy atom. The quantitative estimate of drug-likeness (QED) is 0.778. The summed E-state index contributed by atoms with van der Waals surface area (Å²) in [6.45, 7) is 3.55. The number of imidazole rings is 1. The monoisotopic (exact) mass is 291 g/mol. The predicted molar refractivity (Wildman–Crippen MR) is 78.1 cm³/mol. The zero-order valence-electron chi connectivity index (χ0n) is 11.8. The summed E-state index contributed by atoms with van der Waals surface area (Å²) < 4.78 is 9.28. The van der Waals surface area contributed by atoms with Gasteiger partial charge in [0.05, 0.1) is 13.3 Å². The van der Waals surface area contributed by atoms with Gasteiger partial charge in [-0.3, -0.25) is 9.08 Å². The van der Waals surface area contributed by atoms with E-state index in [2.05, 4.69) is 26.7 Å². The Kier molecular flexibility index (Phi) is 3.45. The number of nitrogens with one attached hydrogen (secondary N) is 1. The molecule has 20 heavy (non-hydrogen) atoms. The minimum absolute atomic E-state index is 0.687. The molecule has 3 aromatic heterocycles. The van der Waals surface area contributed by atoms with Crippen LogP contribution in [0.25, 0.3) is 4.96 Å². The maximum Gasteiger partial charge on any atom is 0.237 e. The fourth-order valence-electron chi connectivity index (χ4n) is 2.17. The highest BCUT2D eigenvalue weighted by atomic mass is 32.1. The topological polar surface area (TPSA) is 56.4 Å². The molecule has 3 heterocycles. The number of hydrogen-bond donors (Lipinski definition) is 1. The average Bonchev–Trinajstić information content (AvgIpc) is 3.10. The lowest BCUT2D eigenvalue weighted by molar-refractivity contribution is 0.393. The Bertz CT molecular complexity index is 726. The van der Waals surface area contributed by atoms with Crippen molar-refractivity contribution in [3.8, 4) is 5.88 Å². The molecule has 1 N–H and O–H groups in total. The SMILES string of the molecule is COc1nc2sccn2c1CNCc1cnn(C)c1C. The first-order valence-corrected chi connectivity index (χ1v) is 7.25. The maximum atomic E-state index is 5.34. The molecule has 0 fully saturated rings. The second-order valence-electron chi connectivity index (χ2n) is 4.61. The van der Waals surface area contributed by atoms with Crippen molar-refractivity contribution in [3.05, 3.63) is 34.7 Å². The van der Waals surface area contributed by atoms with Crippen LogP contribution in [-0.4, -0.2) is 26.3 Å². The zero-order valence-corrected chi connectivity index (χ0v) is 12.6. The summed E-state index contributed by atoms with van der Waals surface area (Å²) in [7, 11) is 3.61. The zero-order chi connectivity index (χ0) is 14.1. The normalized spacial score (nSPS) is 11.3. The van der Waals surface area contributed by atoms with Crippen molar-refractivity contribution in [2.75, 3.05) is 7.11 Å². The van der Waals surface area contributed by atoms with Crippen LogP contribution in [0.4, 0.5) is 0 Å². The lowest BCUT2D eigenvalue weighted by Gasteiger charge is -2.05. The molecule has 6 nitrogen and oxygen atoms in total. The lowest BCUT2D eigenvalue weighted by atomic mass is 10.2. The van der Waals surface area contributed by atoms with Crippen LogP contribution < -0.4 is 10.1 Å². The standard InChI is InChI=1S/C13H17N5OS/c1-9-10(7-15-17(9)2)6-14-8-11-12(19-3)16-13-18(11)4-5-20-13/h4-5,7,14H,6,8H2,1-3H3. The molecule has 0 aliphatic carbocycles. The number of thiazole rings is 1. The number of methoxy groups -OCH3 is 1. The first-order valence-electron chi connectivity index (χ1n) is 6.37. The van der Waals surface area contributed by atoms with Crippen molar-refractivity contribution in [3.63, 3.8) is 0 Å². The highest BCUT2D eigenvalue weighted by molar-refractivity contribution is 7.15. The highest BCUT2D eigenvalue weighted by Crippen LogP contribution is 2.22. The second kappa shape index (κ2) is 5.26. The van der Waals surface area contributed by atoms with Gasteiger partial charge in [-0.05, 0) is 6.92 Å². The van der Waals surface area contributed by atoms with Crippen LogP contribution in [0.2, 0.25) is 0 Å². The largest absolute Gasteiger partial charge is 0.480 e. The molecule has 3 aromatic rings. The molecule has 0 aromatic carbocycles. The van der Waals surface area contributed by atoms with Gasteiger partial charge in [0.1, 0.15) is 5.69 Å². The third kappa shape index (κ3) is 2.19. The Morgan fingerprint density at radius 3 is 2.95 bits per heavy atom. The van der Waals surface area contributed by atoms with Crippen molar-refractivity contribution >= 4 is 16.3 Å². The third-order valence-corrected chi connectivity index (χ3v) is 4.22.